The number of hydrogen-bond donors (Lipinski definition) is 1. The Morgan fingerprint density at radius 1 is 1.28 bits per heavy atom. The number of nitrogens with two attached hydrogens (primary N) is 1. The van der Waals surface area contributed by atoms with Gasteiger partial charge in [-0.2, -0.15) is 0 Å². The van der Waals surface area contributed by atoms with Crippen LogP contribution in [0, 0.1) is 0 Å². The maximum atomic E-state index is 12.4. The lowest BCUT2D eigenvalue weighted by molar-refractivity contribution is -0.138. The normalized spacial score (nSPS) is 21.8. The number of benzene rings is 1. The highest BCUT2D eigenvalue weighted by molar-refractivity contribution is 8.03. The lowest BCUT2D eigenvalue weighted by atomic mass is 9.96. The number of carbonyl (C=O) groups excluding carboxylic acids is 1. The molecule has 2 N–H and O–H groups in total. The maximum Gasteiger partial charge on any atom is 0.335 e. The van der Waals surface area contributed by atoms with Crippen LogP contribution < -0.4 is 15.5 Å². The van der Waals surface area contributed by atoms with Gasteiger partial charge in [0.1, 0.15) is 7.11 Å². The summed E-state index contributed by atoms with van der Waals surface area (Å²) in [6.45, 7) is 3.95. The van der Waals surface area contributed by atoms with Gasteiger partial charge in [0.2, 0.25) is 0 Å². The van der Waals surface area contributed by atoms with Gasteiger partial charge in [0.05, 0.1) is 29.3 Å². The van der Waals surface area contributed by atoms with E-state index in [0.717, 1.165) is 72.9 Å². The molecule has 0 aromatic heterocycles. The zero-order chi connectivity index (χ0) is 22.2. The minimum atomic E-state index is -0.235. The second kappa shape index (κ2) is 8.73. The van der Waals surface area contributed by atoms with Crippen molar-refractivity contribution in [2.45, 2.75) is 45.1 Å². The molecule has 32 heavy (non-hydrogen) atoms. The summed E-state index contributed by atoms with van der Waals surface area (Å²) in [6, 6.07) is 4.72. The Morgan fingerprint density at radius 2 is 2.12 bits per heavy atom. The molecular formula is C24H30N4O3S. The van der Waals surface area contributed by atoms with Gasteiger partial charge in [0.15, 0.2) is 0 Å². The Bertz CT molecular complexity index is 1030. The number of ether oxygens (including phenoxy) is 1. The van der Waals surface area contributed by atoms with Crippen molar-refractivity contribution in [3.8, 4) is 0 Å². The molecule has 0 unspecified atom stereocenters. The summed E-state index contributed by atoms with van der Waals surface area (Å²) >= 11 is 1.95. The summed E-state index contributed by atoms with van der Waals surface area (Å²) < 4.78 is 5.27. The highest BCUT2D eigenvalue weighted by Gasteiger charge is 2.35. The first kappa shape index (κ1) is 21.2. The Hall–Kier alpha value is -2.61. The van der Waals surface area contributed by atoms with E-state index in [2.05, 4.69) is 27.1 Å². The van der Waals surface area contributed by atoms with Crippen LogP contribution in [0.25, 0.3) is 0 Å². The van der Waals surface area contributed by atoms with Crippen molar-refractivity contribution in [2.75, 3.05) is 48.1 Å². The smallest absolute Gasteiger partial charge is 0.335 e. The number of esters is 1. The molecule has 3 aliphatic heterocycles. The number of fused-ring (bicyclic) bond motifs is 1. The van der Waals surface area contributed by atoms with E-state index in [1.54, 1.807) is 7.11 Å². The Balaban J connectivity index is 1.46. The van der Waals surface area contributed by atoms with E-state index in [9.17, 15) is 4.79 Å². The molecular weight excluding hydrogens is 424 g/mol. The van der Waals surface area contributed by atoms with Gasteiger partial charge in [0.25, 0.3) is 0 Å². The monoisotopic (exact) mass is 454 g/mol. The van der Waals surface area contributed by atoms with Crippen molar-refractivity contribution in [3.05, 3.63) is 39.9 Å². The van der Waals surface area contributed by atoms with Gasteiger partial charge in [-0.3, -0.25) is 0 Å². The van der Waals surface area contributed by atoms with Crippen molar-refractivity contribution in [3.63, 3.8) is 0 Å². The molecule has 1 fully saturated rings. The molecule has 1 aromatic rings. The van der Waals surface area contributed by atoms with E-state index in [-0.39, 0.29) is 5.97 Å². The molecule has 0 amide bonds. The standard InChI is InChI=1S/C24H30N4O3S/c1-3-31-24(29)16-10-15-11-19(25)22(12-21(15)28(13-16)17-4-5-17)27-8-6-23-18(14-27)20(26-30-2)7-9-32-23/h11-13,17H,3-10,14,25H2,1-2H3/b26-20-. The number of nitrogen functional groups attached to an aromatic ring is 1. The predicted octanol–water partition coefficient (Wildman–Crippen LogP) is 3.84. The minimum Gasteiger partial charge on any atom is -0.463 e. The number of thioether (sulfide) groups is 1. The summed E-state index contributed by atoms with van der Waals surface area (Å²) in [5.74, 6) is 0.828. The second-order valence-electron chi connectivity index (χ2n) is 8.62. The number of oxime groups is 1. The molecule has 5 rings (SSSR count). The van der Waals surface area contributed by atoms with Crippen LogP contribution in [0.4, 0.5) is 17.1 Å². The van der Waals surface area contributed by atoms with Crippen LogP contribution in [-0.4, -0.2) is 50.3 Å². The first-order valence-electron chi connectivity index (χ1n) is 11.4. The first-order chi connectivity index (χ1) is 15.6. The van der Waals surface area contributed by atoms with Crippen LogP contribution in [0.3, 0.4) is 0 Å². The Kier molecular flexibility index (Phi) is 5.80. The second-order valence-corrected chi connectivity index (χ2v) is 9.81. The summed E-state index contributed by atoms with van der Waals surface area (Å²) in [4.78, 5) is 23.6. The third-order valence-corrected chi connectivity index (χ3v) is 7.67. The first-order valence-corrected chi connectivity index (χ1v) is 12.4. The lowest BCUT2D eigenvalue weighted by Crippen LogP contribution is -2.36. The molecule has 0 bridgehead atoms. The zero-order valence-corrected chi connectivity index (χ0v) is 19.5. The van der Waals surface area contributed by atoms with Gasteiger partial charge < -0.3 is 25.1 Å². The summed E-state index contributed by atoms with van der Waals surface area (Å²) in [6.07, 6.45) is 6.76. The zero-order valence-electron chi connectivity index (χ0n) is 18.7. The number of anilines is 3. The number of hydrogen-bond acceptors (Lipinski definition) is 8. The van der Waals surface area contributed by atoms with Crippen molar-refractivity contribution < 1.29 is 14.4 Å². The summed E-state index contributed by atoms with van der Waals surface area (Å²) in [7, 11) is 1.61. The number of nitrogens with zero attached hydrogens (tertiary/aromatic N) is 3. The average Bonchev–Trinajstić information content (AvgIpc) is 3.63. The van der Waals surface area contributed by atoms with E-state index in [1.165, 1.54) is 10.5 Å². The fourth-order valence-electron chi connectivity index (χ4n) is 4.78. The molecule has 8 heteroatoms. The van der Waals surface area contributed by atoms with E-state index in [0.29, 0.717) is 24.6 Å². The van der Waals surface area contributed by atoms with Crippen LogP contribution in [-0.2, 0) is 20.8 Å². The molecule has 170 valence electrons. The van der Waals surface area contributed by atoms with Crippen LogP contribution in [0.15, 0.2) is 39.5 Å². The van der Waals surface area contributed by atoms with E-state index >= 15 is 0 Å². The maximum absolute atomic E-state index is 12.4. The summed E-state index contributed by atoms with van der Waals surface area (Å²) in [5, 5.41) is 4.30. The van der Waals surface area contributed by atoms with Crippen LogP contribution >= 0.6 is 11.8 Å². The van der Waals surface area contributed by atoms with Crippen LogP contribution in [0.5, 0.6) is 0 Å². The molecule has 0 radical (unpaired) electrons. The largest absolute Gasteiger partial charge is 0.463 e. The number of rotatable bonds is 5. The molecule has 0 atom stereocenters. The molecule has 1 aromatic carbocycles. The lowest BCUT2D eigenvalue weighted by Gasteiger charge is -2.37. The molecule has 4 aliphatic rings. The number of carbonyl (C=O) groups is 1. The van der Waals surface area contributed by atoms with Gasteiger partial charge >= 0.3 is 5.97 Å². The molecule has 0 spiro atoms. The van der Waals surface area contributed by atoms with E-state index in [4.69, 9.17) is 15.3 Å². The topological polar surface area (TPSA) is 80.4 Å². The average molecular weight is 455 g/mol. The van der Waals surface area contributed by atoms with Gasteiger partial charge in [-0.05, 0) is 48.8 Å². The quantitative estimate of drug-likeness (QED) is 0.411. The molecule has 1 saturated carbocycles. The third-order valence-electron chi connectivity index (χ3n) is 6.46. The van der Waals surface area contributed by atoms with Gasteiger partial charge in [-0.1, -0.05) is 5.16 Å². The van der Waals surface area contributed by atoms with E-state index in [1.807, 2.05) is 24.9 Å². The van der Waals surface area contributed by atoms with Crippen molar-refractivity contribution >= 4 is 40.5 Å². The van der Waals surface area contributed by atoms with Crippen molar-refractivity contribution in [1.29, 1.82) is 0 Å². The Morgan fingerprint density at radius 3 is 2.88 bits per heavy atom. The van der Waals surface area contributed by atoms with Crippen molar-refractivity contribution in [2.24, 2.45) is 5.16 Å². The fraction of sp³-hybridized carbons (Fsp3) is 0.500. The molecule has 1 aliphatic carbocycles. The summed E-state index contributed by atoms with van der Waals surface area (Å²) in [5.41, 5.74) is 13.7. The van der Waals surface area contributed by atoms with Crippen LogP contribution in [0.1, 0.15) is 38.2 Å². The van der Waals surface area contributed by atoms with Gasteiger partial charge in [-0.25, -0.2) is 4.79 Å². The predicted molar refractivity (Wildman–Crippen MR) is 130 cm³/mol. The highest BCUT2D eigenvalue weighted by Crippen LogP contribution is 2.44. The SMILES string of the molecule is CCOC(=O)C1=CN(C2CC2)c2cc(N3CCC4=C(C3)/C(=N\OC)CCS4)c(N)cc2C1. The molecule has 7 nitrogen and oxygen atoms in total. The molecule has 3 heterocycles. The van der Waals surface area contributed by atoms with Crippen molar-refractivity contribution in [1.82, 2.24) is 0 Å². The highest BCUT2D eigenvalue weighted by atomic mass is 32.2. The minimum absolute atomic E-state index is 0.235. The van der Waals surface area contributed by atoms with Crippen LogP contribution in [0.2, 0.25) is 0 Å². The van der Waals surface area contributed by atoms with Gasteiger partial charge in [0, 0.05) is 55.2 Å². The third kappa shape index (κ3) is 3.96. The van der Waals surface area contributed by atoms with E-state index < -0.39 is 0 Å². The fourth-order valence-corrected chi connectivity index (χ4v) is 5.92. The Labute approximate surface area is 193 Å². The molecule has 0 saturated heterocycles. The van der Waals surface area contributed by atoms with Gasteiger partial charge in [-0.15, -0.1) is 11.8 Å².